The van der Waals surface area contributed by atoms with Crippen LogP contribution >= 0.6 is 0 Å². The van der Waals surface area contributed by atoms with Crippen LogP contribution in [0.4, 0.5) is 0 Å². The minimum Gasteiger partial charge on any atom is -0.507 e. The molecule has 0 fully saturated rings. The lowest BCUT2D eigenvalue weighted by molar-refractivity contribution is 0.0950. The van der Waals surface area contributed by atoms with Crippen molar-refractivity contribution < 1.29 is 9.90 Å². The maximum atomic E-state index is 12.3. The minimum atomic E-state index is -0.287. The van der Waals surface area contributed by atoms with Crippen LogP contribution < -0.4 is 5.32 Å². The van der Waals surface area contributed by atoms with Crippen molar-refractivity contribution >= 4 is 5.91 Å². The van der Waals surface area contributed by atoms with Crippen molar-refractivity contribution in [2.24, 2.45) is 0 Å². The second-order valence-electron chi connectivity index (χ2n) is 8.39. The summed E-state index contributed by atoms with van der Waals surface area (Å²) in [5.74, 6) is 0.126. The molecule has 0 atom stereocenters. The van der Waals surface area contributed by atoms with Gasteiger partial charge >= 0.3 is 0 Å². The number of rotatable bonds is 3. The van der Waals surface area contributed by atoms with Crippen molar-refractivity contribution in [2.75, 3.05) is 0 Å². The van der Waals surface area contributed by atoms with Gasteiger partial charge in [0.2, 0.25) is 0 Å². The normalized spacial score (nSPS) is 12.1. The van der Waals surface area contributed by atoms with E-state index in [1.807, 2.05) is 59.7 Å². The number of pyridine rings is 1. The summed E-state index contributed by atoms with van der Waals surface area (Å²) in [5, 5.41) is 13.8. The lowest BCUT2D eigenvalue weighted by atomic mass is 9.79. The van der Waals surface area contributed by atoms with Gasteiger partial charge in [-0.2, -0.15) is 0 Å². The third-order valence-corrected chi connectivity index (χ3v) is 4.14. The average Bonchev–Trinajstić information content (AvgIpc) is 2.50. The lowest BCUT2D eigenvalue weighted by Crippen LogP contribution is -2.27. The molecule has 1 aromatic carbocycles. The van der Waals surface area contributed by atoms with Crippen LogP contribution in [0.15, 0.2) is 36.5 Å². The molecular formula is C21H28N2O2. The van der Waals surface area contributed by atoms with Gasteiger partial charge in [-0.15, -0.1) is 0 Å². The lowest BCUT2D eigenvalue weighted by Gasteiger charge is -2.28. The molecule has 2 N–H and O–H groups in total. The van der Waals surface area contributed by atoms with Gasteiger partial charge in [0, 0.05) is 22.9 Å². The number of carbonyl (C=O) groups excluding carboxylic acids is 1. The molecule has 2 aromatic rings. The molecule has 0 aliphatic rings. The Kier molecular flexibility index (Phi) is 5.21. The molecule has 1 aromatic heterocycles. The predicted octanol–water partition coefficient (Wildman–Crippen LogP) is 4.31. The first-order valence-electron chi connectivity index (χ1n) is 8.57. The highest BCUT2D eigenvalue weighted by molar-refractivity contribution is 5.94. The smallest absolute Gasteiger partial charge is 0.251 e. The molecule has 0 bridgehead atoms. The molecule has 0 saturated carbocycles. The van der Waals surface area contributed by atoms with Crippen LogP contribution in [-0.4, -0.2) is 16.0 Å². The molecule has 4 nitrogen and oxygen atoms in total. The number of nitrogens with one attached hydrogen (secondary N) is 1. The summed E-state index contributed by atoms with van der Waals surface area (Å²) in [6.45, 7) is 12.5. The Morgan fingerprint density at radius 1 is 1.04 bits per heavy atom. The van der Waals surface area contributed by atoms with Crippen LogP contribution in [0, 0.1) is 0 Å². The SMILES string of the molecule is CC(C)(C)c1cnc(CNC(=O)c2ccccc2)c(C(C)(C)C)c1O. The number of aromatic hydroxyl groups is 1. The summed E-state index contributed by atoms with van der Waals surface area (Å²) in [6.07, 6.45) is 1.72. The number of hydrogen-bond donors (Lipinski definition) is 2. The summed E-state index contributed by atoms with van der Waals surface area (Å²) in [5.41, 5.74) is 2.41. The molecule has 2 rings (SSSR count). The maximum absolute atomic E-state index is 12.3. The Balaban J connectivity index is 2.35. The zero-order valence-electron chi connectivity index (χ0n) is 16.0. The van der Waals surface area contributed by atoms with E-state index >= 15 is 0 Å². The molecule has 134 valence electrons. The number of carbonyl (C=O) groups is 1. The van der Waals surface area contributed by atoms with E-state index in [0.717, 1.165) is 11.1 Å². The van der Waals surface area contributed by atoms with Crippen molar-refractivity contribution in [3.8, 4) is 5.75 Å². The van der Waals surface area contributed by atoms with Gasteiger partial charge in [0.1, 0.15) is 5.75 Å². The van der Waals surface area contributed by atoms with Crippen molar-refractivity contribution in [3.05, 3.63) is 58.9 Å². The molecule has 0 aliphatic heterocycles. The van der Waals surface area contributed by atoms with E-state index in [4.69, 9.17) is 0 Å². The highest BCUT2D eigenvalue weighted by Gasteiger charge is 2.29. The number of benzene rings is 1. The topological polar surface area (TPSA) is 62.2 Å². The van der Waals surface area contributed by atoms with E-state index in [1.54, 1.807) is 18.3 Å². The molecule has 0 spiro atoms. The third kappa shape index (κ3) is 4.38. The summed E-state index contributed by atoms with van der Waals surface area (Å²) >= 11 is 0. The molecule has 1 amide bonds. The zero-order valence-corrected chi connectivity index (χ0v) is 16.0. The van der Waals surface area contributed by atoms with Gasteiger partial charge < -0.3 is 10.4 Å². The Morgan fingerprint density at radius 3 is 2.16 bits per heavy atom. The molecule has 0 radical (unpaired) electrons. The first kappa shape index (κ1) is 19.0. The average molecular weight is 340 g/mol. The van der Waals surface area contributed by atoms with E-state index in [1.165, 1.54) is 0 Å². The largest absolute Gasteiger partial charge is 0.507 e. The number of hydrogen-bond acceptors (Lipinski definition) is 3. The van der Waals surface area contributed by atoms with Gasteiger partial charge in [0.05, 0.1) is 12.2 Å². The summed E-state index contributed by atoms with van der Waals surface area (Å²) in [4.78, 5) is 16.9. The fraction of sp³-hybridized carbons (Fsp3) is 0.429. The standard InChI is InChI=1S/C21H28N2O2/c1-20(2,3)15-12-22-16(17(18(15)24)21(4,5)6)13-23-19(25)14-10-8-7-9-11-14/h7-12H,13H2,1-6H3,(H,22,24)(H,23,25). The molecule has 4 heteroatoms. The van der Waals surface area contributed by atoms with Gasteiger partial charge in [0.25, 0.3) is 5.91 Å². The Hall–Kier alpha value is -2.36. The Morgan fingerprint density at radius 2 is 1.64 bits per heavy atom. The van der Waals surface area contributed by atoms with Crippen LogP contribution in [0.1, 0.15) is 68.7 Å². The van der Waals surface area contributed by atoms with Crippen molar-refractivity contribution in [2.45, 2.75) is 58.9 Å². The zero-order chi connectivity index (χ0) is 18.8. The number of aromatic nitrogens is 1. The summed E-state index contributed by atoms with van der Waals surface area (Å²) < 4.78 is 0. The van der Waals surface area contributed by atoms with Gasteiger partial charge in [-0.3, -0.25) is 9.78 Å². The van der Waals surface area contributed by atoms with Crippen LogP contribution in [0.3, 0.4) is 0 Å². The predicted molar refractivity (Wildman–Crippen MR) is 101 cm³/mol. The van der Waals surface area contributed by atoms with Crippen LogP contribution in [0.25, 0.3) is 0 Å². The molecule has 0 unspecified atom stereocenters. The van der Waals surface area contributed by atoms with Gasteiger partial charge in [-0.1, -0.05) is 59.7 Å². The van der Waals surface area contributed by atoms with E-state index in [9.17, 15) is 9.90 Å². The van der Waals surface area contributed by atoms with E-state index in [2.05, 4.69) is 10.3 Å². The van der Waals surface area contributed by atoms with E-state index in [-0.39, 0.29) is 29.0 Å². The first-order valence-corrected chi connectivity index (χ1v) is 8.57. The van der Waals surface area contributed by atoms with Gasteiger partial charge in [-0.05, 0) is 23.0 Å². The quantitative estimate of drug-likeness (QED) is 0.875. The highest BCUT2D eigenvalue weighted by Crippen LogP contribution is 2.39. The fourth-order valence-electron chi connectivity index (χ4n) is 2.87. The Labute approximate surface area is 150 Å². The maximum Gasteiger partial charge on any atom is 0.251 e. The van der Waals surface area contributed by atoms with Crippen molar-refractivity contribution in [1.82, 2.24) is 10.3 Å². The second kappa shape index (κ2) is 6.87. The van der Waals surface area contributed by atoms with Crippen molar-refractivity contribution in [3.63, 3.8) is 0 Å². The van der Waals surface area contributed by atoms with E-state index < -0.39 is 0 Å². The second-order valence-corrected chi connectivity index (χ2v) is 8.39. The van der Waals surface area contributed by atoms with Gasteiger partial charge in [0.15, 0.2) is 0 Å². The molecule has 1 heterocycles. The van der Waals surface area contributed by atoms with Crippen molar-refractivity contribution in [1.29, 1.82) is 0 Å². The number of amides is 1. The molecule has 0 aliphatic carbocycles. The minimum absolute atomic E-state index is 0.151. The number of nitrogens with zero attached hydrogens (tertiary/aromatic N) is 1. The molecule has 25 heavy (non-hydrogen) atoms. The Bertz CT molecular complexity index is 754. The van der Waals surface area contributed by atoms with Crippen LogP contribution in [-0.2, 0) is 17.4 Å². The highest BCUT2D eigenvalue weighted by atomic mass is 16.3. The van der Waals surface area contributed by atoms with Crippen LogP contribution in [0.2, 0.25) is 0 Å². The monoisotopic (exact) mass is 340 g/mol. The summed E-state index contributed by atoms with van der Waals surface area (Å²) in [7, 11) is 0. The van der Waals surface area contributed by atoms with E-state index in [0.29, 0.717) is 11.3 Å². The first-order chi connectivity index (χ1) is 11.5. The third-order valence-electron chi connectivity index (χ3n) is 4.14. The van der Waals surface area contributed by atoms with Gasteiger partial charge in [-0.25, -0.2) is 0 Å². The fourth-order valence-corrected chi connectivity index (χ4v) is 2.87. The summed E-state index contributed by atoms with van der Waals surface area (Å²) in [6, 6.07) is 9.08. The molecular weight excluding hydrogens is 312 g/mol. The molecule has 0 saturated heterocycles. The van der Waals surface area contributed by atoms with Crippen LogP contribution in [0.5, 0.6) is 5.75 Å².